The number of piperidine rings is 1. The summed E-state index contributed by atoms with van der Waals surface area (Å²) in [6.45, 7) is 2.55. The van der Waals surface area contributed by atoms with Crippen LogP contribution in [-0.4, -0.2) is 56.0 Å². The Morgan fingerprint density at radius 2 is 1.91 bits per heavy atom. The maximum Gasteiger partial charge on any atom is 1.00 e. The van der Waals surface area contributed by atoms with E-state index < -0.39 is 0 Å². The fourth-order valence-electron chi connectivity index (χ4n) is 2.34. The summed E-state index contributed by atoms with van der Waals surface area (Å²) < 4.78 is 0. The average Bonchev–Trinajstić information content (AvgIpc) is 2.48. The van der Waals surface area contributed by atoms with Gasteiger partial charge in [0, 0.05) is 26.1 Å². The maximum absolute atomic E-state index is 12.0. The van der Waals surface area contributed by atoms with Crippen LogP contribution in [0.1, 0.15) is 32.1 Å². The van der Waals surface area contributed by atoms with Crippen molar-refractivity contribution in [3.63, 3.8) is 0 Å². The number of nitrogens with zero attached hydrogens (tertiary/aromatic N) is 1. The zero-order chi connectivity index (χ0) is 15.5. The molecule has 1 saturated heterocycles. The van der Waals surface area contributed by atoms with Crippen molar-refractivity contribution >= 4 is 11.8 Å². The molecule has 0 aromatic heterocycles. The molecule has 1 heterocycles. The first-order valence-electron chi connectivity index (χ1n) is 7.66. The van der Waals surface area contributed by atoms with Crippen molar-refractivity contribution in [2.45, 2.75) is 38.1 Å². The summed E-state index contributed by atoms with van der Waals surface area (Å²) in [5, 5.41) is 5.65. The molecule has 1 fully saturated rings. The first-order valence-corrected chi connectivity index (χ1v) is 7.66. The fraction of sp³-hybridized carbons (Fsp3) is 0.786. The third kappa shape index (κ3) is 9.56. The topological polar surface area (TPSA) is 85.5 Å². The van der Waals surface area contributed by atoms with Gasteiger partial charge in [-0.15, -0.1) is 0 Å². The summed E-state index contributed by atoms with van der Waals surface area (Å²) in [4.78, 5) is 25.3. The minimum Gasteiger partial charge on any atom is -0.449 e. The molecule has 1 aliphatic rings. The van der Waals surface area contributed by atoms with E-state index in [-0.39, 0.29) is 69.2 Å². The fourth-order valence-corrected chi connectivity index (χ4v) is 2.34. The molecule has 1 atom stereocenters. The van der Waals surface area contributed by atoms with E-state index in [2.05, 4.69) is 28.5 Å². The third-order valence-electron chi connectivity index (χ3n) is 3.55. The number of nitrogens with one attached hydrogen (secondary N) is 4. The van der Waals surface area contributed by atoms with Crippen LogP contribution >= 0.6 is 0 Å². The Morgan fingerprint density at radius 1 is 1.18 bits per heavy atom. The summed E-state index contributed by atoms with van der Waals surface area (Å²) in [5.74, 6) is 0.0239. The molecule has 1 unspecified atom stereocenters. The zero-order valence-corrected chi connectivity index (χ0v) is 17.0. The Morgan fingerprint density at radius 3 is 2.59 bits per heavy atom. The summed E-state index contributed by atoms with van der Waals surface area (Å²) >= 11 is 0. The van der Waals surface area contributed by atoms with E-state index in [1.54, 1.807) is 7.05 Å². The van der Waals surface area contributed by atoms with Gasteiger partial charge < -0.3 is 15.5 Å². The summed E-state index contributed by atoms with van der Waals surface area (Å²) in [5.41, 5.74) is 5.73. The van der Waals surface area contributed by atoms with Crippen molar-refractivity contribution in [2.75, 3.05) is 33.2 Å². The second-order valence-corrected chi connectivity index (χ2v) is 5.25. The quantitative estimate of drug-likeness (QED) is 0.151. The maximum atomic E-state index is 12.0. The molecule has 4 N–H and O–H groups in total. The van der Waals surface area contributed by atoms with E-state index in [1.807, 2.05) is 4.90 Å². The second-order valence-electron chi connectivity index (χ2n) is 5.25. The minimum absolute atomic E-state index is 0. The third-order valence-corrected chi connectivity index (χ3v) is 3.55. The monoisotopic (exact) mass is 337 g/mol. The van der Waals surface area contributed by atoms with E-state index in [9.17, 15) is 9.59 Å². The van der Waals surface area contributed by atoms with E-state index >= 15 is 0 Å². The minimum atomic E-state index is -0.123. The zero-order valence-electron chi connectivity index (χ0n) is 13.9. The molecular weight excluding hydrogens is 309 g/mol. The van der Waals surface area contributed by atoms with Gasteiger partial charge in [0.2, 0.25) is 11.8 Å². The summed E-state index contributed by atoms with van der Waals surface area (Å²) in [7, 11) is 5.69. The van der Waals surface area contributed by atoms with Gasteiger partial charge in [0.05, 0.1) is 6.04 Å². The molecule has 0 radical (unpaired) electrons. The molecule has 1 aliphatic heterocycles. The Bertz CT molecular complexity index is 330. The largest absolute Gasteiger partial charge is 1.00 e. The normalized spacial score (nSPS) is 18.4. The molecule has 0 aliphatic carbocycles. The average molecular weight is 338 g/mol. The van der Waals surface area contributed by atoms with Crippen molar-refractivity contribution in [1.82, 2.24) is 26.4 Å². The van der Waals surface area contributed by atoms with Crippen LogP contribution in [0, 0.1) is 7.05 Å². The second kappa shape index (κ2) is 13.9. The van der Waals surface area contributed by atoms with Crippen molar-refractivity contribution in [1.29, 1.82) is 0 Å². The van der Waals surface area contributed by atoms with Crippen LogP contribution in [0.3, 0.4) is 0 Å². The first-order chi connectivity index (χ1) is 10.1. The summed E-state index contributed by atoms with van der Waals surface area (Å²) in [6.07, 6.45) is 4.29. The molecule has 0 aromatic carbocycles. The van der Waals surface area contributed by atoms with E-state index in [0.717, 1.165) is 38.8 Å². The van der Waals surface area contributed by atoms with Gasteiger partial charge in [-0.05, 0) is 32.9 Å². The van der Waals surface area contributed by atoms with Crippen LogP contribution in [0.5, 0.6) is 0 Å². The Kier molecular flexibility index (Phi) is 14.1. The number of amides is 2. The number of rotatable bonds is 9. The van der Waals surface area contributed by atoms with Crippen LogP contribution < -0.4 is 72.9 Å². The van der Waals surface area contributed by atoms with Gasteiger partial charge in [-0.1, -0.05) is 6.42 Å². The number of hydrogen-bond acceptors (Lipinski definition) is 5. The van der Waals surface area contributed by atoms with Crippen molar-refractivity contribution in [3.05, 3.63) is 7.05 Å². The van der Waals surface area contributed by atoms with Crippen molar-refractivity contribution < 1.29 is 61.0 Å². The molecule has 8 heteroatoms. The first kappa shape index (κ1) is 22.5. The molecule has 0 spiro atoms. The molecule has 0 aromatic rings. The Labute approximate surface area is 176 Å². The summed E-state index contributed by atoms with van der Waals surface area (Å²) in [6, 6.07) is -0.123. The molecule has 0 bridgehead atoms. The number of hydrazine groups is 1. The predicted octanol–water partition coefficient (Wildman–Crippen LogP) is -3.63. The molecular formula is C14H28KN5O2. The van der Waals surface area contributed by atoms with Gasteiger partial charge in [0.15, 0.2) is 0 Å². The van der Waals surface area contributed by atoms with Gasteiger partial charge in [0.25, 0.3) is 0 Å². The Hall–Kier alpha value is 0.456. The number of carbonyl (C=O) groups is 2. The van der Waals surface area contributed by atoms with Crippen LogP contribution in [0.25, 0.3) is 0 Å². The molecule has 2 amide bonds. The molecule has 1 rings (SSSR count). The van der Waals surface area contributed by atoms with Crippen LogP contribution in [0.2, 0.25) is 0 Å². The number of likely N-dealkylation sites (tertiary alicyclic amines) is 1. The SMILES string of the molecule is [CH2-]N1CCCCC1C(=O)NCCNC(=O)CCCNNC.[K+]. The number of hydrogen-bond donors (Lipinski definition) is 4. The standard InChI is InChI=1S/C14H28N5O2.K/c1-15-18-8-5-7-13(20)16-9-10-17-14(21)12-6-3-4-11-19(12)2;/h12,15,18H,2-11H2,1H3,(H,16,20)(H,17,21);/q-1;+1. The van der Waals surface area contributed by atoms with E-state index in [1.165, 1.54) is 0 Å². The van der Waals surface area contributed by atoms with Crippen LogP contribution in [0.4, 0.5) is 0 Å². The van der Waals surface area contributed by atoms with E-state index in [4.69, 9.17) is 0 Å². The molecule has 122 valence electrons. The van der Waals surface area contributed by atoms with Gasteiger partial charge in [0.1, 0.15) is 0 Å². The predicted molar refractivity (Wildman–Crippen MR) is 82.0 cm³/mol. The van der Waals surface area contributed by atoms with Crippen molar-refractivity contribution in [3.8, 4) is 0 Å². The molecule has 7 nitrogen and oxygen atoms in total. The molecule has 0 saturated carbocycles. The Balaban J connectivity index is 0.00000441. The van der Waals surface area contributed by atoms with Crippen LogP contribution in [-0.2, 0) is 9.59 Å². The van der Waals surface area contributed by atoms with Gasteiger partial charge in [-0.3, -0.25) is 27.5 Å². The van der Waals surface area contributed by atoms with Gasteiger partial charge >= 0.3 is 51.4 Å². The van der Waals surface area contributed by atoms with Crippen molar-refractivity contribution in [2.24, 2.45) is 0 Å². The van der Waals surface area contributed by atoms with Crippen LogP contribution in [0.15, 0.2) is 0 Å². The van der Waals surface area contributed by atoms with Gasteiger partial charge in [-0.2, -0.15) is 0 Å². The number of carbonyl (C=O) groups excluding carboxylic acids is 2. The van der Waals surface area contributed by atoms with Gasteiger partial charge in [-0.25, -0.2) is 0 Å². The van der Waals surface area contributed by atoms with E-state index in [0.29, 0.717) is 19.5 Å². The smallest absolute Gasteiger partial charge is 0.449 e. The molecule has 22 heavy (non-hydrogen) atoms.